The van der Waals surface area contributed by atoms with Gasteiger partial charge in [-0.25, -0.2) is 9.37 Å². The van der Waals surface area contributed by atoms with Gasteiger partial charge in [0.2, 0.25) is 5.91 Å². The van der Waals surface area contributed by atoms with E-state index in [0.717, 1.165) is 13.0 Å². The van der Waals surface area contributed by atoms with E-state index in [9.17, 15) is 19.3 Å². The molecule has 0 aliphatic carbocycles. The molecule has 0 radical (unpaired) electrons. The average molecular weight is 373 g/mol. The second-order valence-corrected chi connectivity index (χ2v) is 6.46. The number of hydrogen-bond acceptors (Lipinski definition) is 6. The first kappa shape index (κ1) is 18.7. The number of carbonyl (C=O) groups is 1. The third-order valence-electron chi connectivity index (χ3n) is 4.55. The Morgan fingerprint density at radius 3 is 2.89 bits per heavy atom. The third-order valence-corrected chi connectivity index (χ3v) is 4.55. The average Bonchev–Trinajstić information content (AvgIpc) is 3.10. The maximum Gasteiger partial charge on any atom is 0.287 e. The molecule has 1 amide bonds. The largest absolute Gasteiger partial charge is 0.366 e. The number of anilines is 2. The van der Waals surface area contributed by atoms with Crippen molar-refractivity contribution in [3.63, 3.8) is 0 Å². The number of carbonyl (C=O) groups excluding carboxylic acids is 1. The molecule has 0 saturated carbocycles. The van der Waals surface area contributed by atoms with Gasteiger partial charge in [-0.15, -0.1) is 0 Å². The van der Waals surface area contributed by atoms with Crippen LogP contribution < -0.4 is 10.6 Å². The van der Waals surface area contributed by atoms with Crippen LogP contribution in [0.25, 0.3) is 0 Å². The van der Waals surface area contributed by atoms with Gasteiger partial charge in [0.15, 0.2) is 0 Å². The predicted molar refractivity (Wildman–Crippen MR) is 99.0 cm³/mol. The van der Waals surface area contributed by atoms with Gasteiger partial charge in [-0.3, -0.25) is 19.8 Å². The summed E-state index contributed by atoms with van der Waals surface area (Å²) < 4.78 is 13.2. The monoisotopic (exact) mass is 373 g/mol. The molecule has 0 spiro atoms. The molecule has 0 bridgehead atoms. The van der Waals surface area contributed by atoms with Gasteiger partial charge in [0, 0.05) is 30.9 Å². The quantitative estimate of drug-likeness (QED) is 0.596. The molecule has 2 N–H and O–H groups in total. The van der Waals surface area contributed by atoms with Crippen LogP contribution in [0, 0.1) is 15.9 Å². The van der Waals surface area contributed by atoms with Crippen LogP contribution in [0.1, 0.15) is 13.3 Å². The number of nitrogens with zero attached hydrogens (tertiary/aromatic N) is 3. The van der Waals surface area contributed by atoms with Crippen LogP contribution in [0.3, 0.4) is 0 Å². The Kier molecular flexibility index (Phi) is 5.60. The lowest BCUT2D eigenvalue weighted by molar-refractivity contribution is -0.385. The Labute approximate surface area is 155 Å². The maximum absolute atomic E-state index is 13.2. The first-order valence-corrected chi connectivity index (χ1v) is 8.60. The van der Waals surface area contributed by atoms with Gasteiger partial charge < -0.3 is 10.6 Å². The Morgan fingerprint density at radius 2 is 2.22 bits per heavy atom. The summed E-state index contributed by atoms with van der Waals surface area (Å²) in [7, 11) is 0. The number of likely N-dealkylation sites (tertiary alicyclic amines) is 1. The molecule has 1 aliphatic rings. The maximum atomic E-state index is 13.2. The fourth-order valence-electron chi connectivity index (χ4n) is 3.02. The van der Waals surface area contributed by atoms with Gasteiger partial charge in [0.25, 0.3) is 5.69 Å². The lowest BCUT2D eigenvalue weighted by Crippen LogP contribution is -2.41. The van der Waals surface area contributed by atoms with Crippen LogP contribution >= 0.6 is 0 Å². The number of benzene rings is 1. The molecule has 27 heavy (non-hydrogen) atoms. The number of halogens is 1. The van der Waals surface area contributed by atoms with Gasteiger partial charge in [-0.1, -0.05) is 6.07 Å². The normalized spacial score (nSPS) is 18.1. The van der Waals surface area contributed by atoms with Crippen LogP contribution in [0.15, 0.2) is 42.6 Å². The number of aromatic nitrogens is 1. The smallest absolute Gasteiger partial charge is 0.287 e. The molecule has 1 aliphatic heterocycles. The zero-order valence-electron chi connectivity index (χ0n) is 14.8. The highest BCUT2D eigenvalue weighted by atomic mass is 19.1. The van der Waals surface area contributed by atoms with E-state index in [-0.39, 0.29) is 23.7 Å². The number of rotatable bonds is 6. The van der Waals surface area contributed by atoms with E-state index in [1.807, 2.05) is 4.90 Å². The third kappa shape index (κ3) is 4.76. The van der Waals surface area contributed by atoms with E-state index in [0.29, 0.717) is 18.1 Å². The Balaban J connectivity index is 1.53. The highest BCUT2D eigenvalue weighted by Gasteiger charge is 2.29. The van der Waals surface area contributed by atoms with Gasteiger partial charge in [0.05, 0.1) is 11.0 Å². The minimum atomic E-state index is -0.493. The zero-order chi connectivity index (χ0) is 19.4. The molecular weight excluding hydrogens is 353 g/mol. The molecular formula is C18H20FN5O3. The molecule has 2 unspecified atom stereocenters. The molecule has 1 saturated heterocycles. The van der Waals surface area contributed by atoms with Crippen molar-refractivity contribution in [3.8, 4) is 0 Å². The standard InChI is InChI=1S/C18H20FN5O3/c1-12(18(25)22-14-4-2-3-13(19)9-14)23-8-7-15(11-23)21-17-6-5-16(10-20-17)24(26)27/h2-6,9-10,12,15H,7-8,11H2,1H3,(H,20,21)(H,22,25). The second kappa shape index (κ2) is 8.09. The van der Waals surface area contributed by atoms with Gasteiger partial charge in [0.1, 0.15) is 17.8 Å². The second-order valence-electron chi connectivity index (χ2n) is 6.46. The lowest BCUT2D eigenvalue weighted by Gasteiger charge is -2.23. The van der Waals surface area contributed by atoms with E-state index in [2.05, 4.69) is 15.6 Å². The first-order chi connectivity index (χ1) is 12.9. The van der Waals surface area contributed by atoms with Crippen molar-refractivity contribution in [2.75, 3.05) is 23.7 Å². The highest BCUT2D eigenvalue weighted by Crippen LogP contribution is 2.19. The summed E-state index contributed by atoms with van der Waals surface area (Å²) in [5, 5.41) is 16.6. The Morgan fingerprint density at radius 1 is 1.41 bits per heavy atom. The van der Waals surface area contributed by atoms with Crippen molar-refractivity contribution in [1.82, 2.24) is 9.88 Å². The Bertz CT molecular complexity index is 830. The lowest BCUT2D eigenvalue weighted by atomic mass is 10.2. The summed E-state index contributed by atoms with van der Waals surface area (Å²) in [5.74, 6) is -0.0412. The van der Waals surface area contributed by atoms with Gasteiger partial charge >= 0.3 is 0 Å². The van der Waals surface area contributed by atoms with Crippen molar-refractivity contribution in [2.45, 2.75) is 25.4 Å². The van der Waals surface area contributed by atoms with Crippen LogP contribution in [-0.2, 0) is 4.79 Å². The summed E-state index contributed by atoms with van der Waals surface area (Å²) >= 11 is 0. The number of nitro groups is 1. The van der Waals surface area contributed by atoms with Gasteiger partial charge in [-0.05, 0) is 37.6 Å². The van der Waals surface area contributed by atoms with E-state index < -0.39 is 10.7 Å². The molecule has 1 aromatic carbocycles. The van der Waals surface area contributed by atoms with Crippen molar-refractivity contribution >= 4 is 23.1 Å². The first-order valence-electron chi connectivity index (χ1n) is 8.60. The fraction of sp³-hybridized carbons (Fsp3) is 0.333. The topological polar surface area (TPSA) is 100 Å². The highest BCUT2D eigenvalue weighted by molar-refractivity contribution is 5.94. The molecule has 142 valence electrons. The molecule has 2 aromatic rings. The van der Waals surface area contributed by atoms with Gasteiger partial charge in [-0.2, -0.15) is 0 Å². The number of pyridine rings is 1. The number of amides is 1. The van der Waals surface area contributed by atoms with E-state index in [1.54, 1.807) is 25.1 Å². The summed E-state index contributed by atoms with van der Waals surface area (Å²) in [4.78, 5) is 28.7. The molecule has 8 nitrogen and oxygen atoms in total. The summed E-state index contributed by atoms with van der Waals surface area (Å²) in [6.07, 6.45) is 2.03. The van der Waals surface area contributed by atoms with Crippen molar-refractivity contribution in [3.05, 3.63) is 58.5 Å². The molecule has 1 fully saturated rings. The van der Waals surface area contributed by atoms with Crippen molar-refractivity contribution < 1.29 is 14.1 Å². The number of nitrogens with one attached hydrogen (secondary N) is 2. The van der Waals surface area contributed by atoms with Crippen LogP contribution in [0.5, 0.6) is 0 Å². The fourth-order valence-corrected chi connectivity index (χ4v) is 3.02. The van der Waals surface area contributed by atoms with E-state index >= 15 is 0 Å². The van der Waals surface area contributed by atoms with E-state index in [4.69, 9.17) is 0 Å². The summed E-state index contributed by atoms with van der Waals surface area (Å²) in [6.45, 7) is 3.17. The predicted octanol–water partition coefficient (Wildman–Crippen LogP) is 2.64. The summed E-state index contributed by atoms with van der Waals surface area (Å²) in [6, 6.07) is 8.47. The zero-order valence-corrected chi connectivity index (χ0v) is 14.8. The molecule has 1 aromatic heterocycles. The molecule has 9 heteroatoms. The molecule has 2 atom stereocenters. The minimum Gasteiger partial charge on any atom is -0.366 e. The molecule has 2 heterocycles. The van der Waals surface area contributed by atoms with Crippen molar-refractivity contribution in [1.29, 1.82) is 0 Å². The van der Waals surface area contributed by atoms with Crippen LogP contribution in [-0.4, -0.2) is 45.9 Å². The number of hydrogen-bond donors (Lipinski definition) is 2. The molecule has 3 rings (SSSR count). The van der Waals surface area contributed by atoms with Crippen LogP contribution in [0.2, 0.25) is 0 Å². The van der Waals surface area contributed by atoms with E-state index in [1.165, 1.54) is 24.4 Å². The Hall–Kier alpha value is -3.07. The van der Waals surface area contributed by atoms with Crippen molar-refractivity contribution in [2.24, 2.45) is 0 Å². The van der Waals surface area contributed by atoms with Crippen LogP contribution in [0.4, 0.5) is 21.6 Å². The summed E-state index contributed by atoms with van der Waals surface area (Å²) in [5.41, 5.74) is 0.368. The minimum absolute atomic E-state index is 0.0590. The SMILES string of the molecule is CC(C(=O)Nc1cccc(F)c1)N1CCC(Nc2ccc([N+](=O)[O-])cn2)C1.